The Bertz CT molecular complexity index is 2650. The van der Waals surface area contributed by atoms with Crippen molar-refractivity contribution in [3.05, 3.63) is 210 Å². The first-order chi connectivity index (χ1) is 25.2. The van der Waals surface area contributed by atoms with Gasteiger partial charge < -0.3 is 4.90 Å². The summed E-state index contributed by atoms with van der Waals surface area (Å²) in [7, 11) is 0. The Morgan fingerprint density at radius 3 is 1.67 bits per heavy atom. The SMILES string of the molecule is CC1(c2ccccc2)C2=C(CCC(N(c3ccc(-c4ccccc4)cc3)c3ccc4c5ccccc5c5ccccc5c4c3)=C2)c2ccccc21. The lowest BCUT2D eigenvalue weighted by molar-refractivity contribution is 0.700. The van der Waals surface area contributed by atoms with Crippen molar-refractivity contribution in [2.24, 2.45) is 0 Å². The molecular weight excluding hydrogens is 615 g/mol. The summed E-state index contributed by atoms with van der Waals surface area (Å²) in [6, 6.07) is 64.8. The topological polar surface area (TPSA) is 3.24 Å². The van der Waals surface area contributed by atoms with Gasteiger partial charge in [-0.15, -0.1) is 0 Å². The molecule has 2 aliphatic rings. The van der Waals surface area contributed by atoms with Crippen LogP contribution in [0, 0.1) is 0 Å². The third kappa shape index (κ3) is 4.62. The molecule has 1 atom stereocenters. The van der Waals surface area contributed by atoms with Gasteiger partial charge in [0.2, 0.25) is 0 Å². The molecule has 8 aromatic carbocycles. The first kappa shape index (κ1) is 29.7. The van der Waals surface area contributed by atoms with Crippen LogP contribution < -0.4 is 4.90 Å². The fourth-order valence-electron chi connectivity index (χ4n) is 8.97. The zero-order valence-corrected chi connectivity index (χ0v) is 28.7. The molecule has 0 fully saturated rings. The molecule has 1 unspecified atom stereocenters. The summed E-state index contributed by atoms with van der Waals surface area (Å²) in [6.07, 6.45) is 4.48. The van der Waals surface area contributed by atoms with E-state index in [1.165, 1.54) is 88.4 Å². The average Bonchev–Trinajstić information content (AvgIpc) is 3.47. The third-order valence-corrected chi connectivity index (χ3v) is 11.5. The molecule has 0 bridgehead atoms. The maximum absolute atomic E-state index is 2.53. The van der Waals surface area contributed by atoms with Gasteiger partial charge in [-0.3, -0.25) is 0 Å². The van der Waals surface area contributed by atoms with Gasteiger partial charge in [-0.25, -0.2) is 0 Å². The summed E-state index contributed by atoms with van der Waals surface area (Å²) in [6.45, 7) is 2.43. The predicted molar refractivity (Wildman–Crippen MR) is 217 cm³/mol. The Morgan fingerprint density at radius 2 is 0.980 bits per heavy atom. The molecule has 0 aromatic heterocycles. The van der Waals surface area contributed by atoms with E-state index in [0.29, 0.717) is 0 Å². The second-order valence-electron chi connectivity index (χ2n) is 14.1. The second-order valence-corrected chi connectivity index (χ2v) is 14.1. The highest BCUT2D eigenvalue weighted by atomic mass is 15.1. The Labute approximate surface area is 299 Å². The molecule has 51 heavy (non-hydrogen) atoms. The molecule has 1 heteroatoms. The van der Waals surface area contributed by atoms with Crippen LogP contribution in [-0.4, -0.2) is 0 Å². The van der Waals surface area contributed by atoms with Gasteiger partial charge in [-0.05, 0) is 121 Å². The largest absolute Gasteiger partial charge is 0.314 e. The summed E-state index contributed by atoms with van der Waals surface area (Å²) < 4.78 is 0. The first-order valence-electron chi connectivity index (χ1n) is 18.1. The van der Waals surface area contributed by atoms with Crippen molar-refractivity contribution in [2.45, 2.75) is 25.2 Å². The summed E-state index contributed by atoms with van der Waals surface area (Å²) in [4.78, 5) is 2.52. The van der Waals surface area contributed by atoms with E-state index in [1.807, 2.05) is 0 Å². The van der Waals surface area contributed by atoms with Crippen molar-refractivity contribution in [3.63, 3.8) is 0 Å². The van der Waals surface area contributed by atoms with Crippen molar-refractivity contribution >= 4 is 49.3 Å². The molecule has 0 aliphatic heterocycles. The highest BCUT2D eigenvalue weighted by Gasteiger charge is 2.43. The number of rotatable bonds is 5. The number of benzene rings is 8. The van der Waals surface area contributed by atoms with E-state index in [4.69, 9.17) is 0 Å². The van der Waals surface area contributed by atoms with E-state index in [-0.39, 0.29) is 5.41 Å². The molecule has 242 valence electrons. The maximum atomic E-state index is 2.53. The number of nitrogens with zero attached hydrogens (tertiary/aromatic N) is 1. The number of hydrogen-bond acceptors (Lipinski definition) is 1. The van der Waals surface area contributed by atoms with Gasteiger partial charge in [0.1, 0.15) is 0 Å². The lowest BCUT2D eigenvalue weighted by atomic mass is 9.72. The molecule has 1 nitrogen and oxygen atoms in total. The van der Waals surface area contributed by atoms with E-state index >= 15 is 0 Å². The number of allylic oxidation sites excluding steroid dienone is 4. The minimum absolute atomic E-state index is 0.236. The van der Waals surface area contributed by atoms with Crippen LogP contribution in [0.4, 0.5) is 11.4 Å². The zero-order valence-electron chi connectivity index (χ0n) is 28.7. The molecule has 0 radical (unpaired) electrons. The molecular formula is C50H37N. The minimum atomic E-state index is -0.236. The molecule has 0 saturated heterocycles. The highest BCUT2D eigenvalue weighted by Crippen LogP contribution is 2.55. The molecule has 0 saturated carbocycles. The summed E-state index contributed by atoms with van der Waals surface area (Å²) >= 11 is 0. The molecule has 0 heterocycles. The maximum Gasteiger partial charge on any atom is 0.0465 e. The number of anilines is 2. The Hall–Kier alpha value is -6.18. The van der Waals surface area contributed by atoms with Crippen LogP contribution in [0.1, 0.15) is 36.5 Å². The third-order valence-electron chi connectivity index (χ3n) is 11.5. The summed E-state index contributed by atoms with van der Waals surface area (Å²) in [5.74, 6) is 0. The van der Waals surface area contributed by atoms with E-state index in [1.54, 1.807) is 0 Å². The van der Waals surface area contributed by atoms with Gasteiger partial charge in [-0.1, -0.05) is 152 Å². The van der Waals surface area contributed by atoms with E-state index in [0.717, 1.165) is 12.8 Å². The molecule has 0 N–H and O–H groups in total. The van der Waals surface area contributed by atoms with Crippen molar-refractivity contribution in [1.82, 2.24) is 0 Å². The number of fused-ring (bicyclic) bond motifs is 8. The first-order valence-corrected chi connectivity index (χ1v) is 18.1. The summed E-state index contributed by atoms with van der Waals surface area (Å²) in [5.41, 5.74) is 12.9. The second kappa shape index (κ2) is 11.7. The lowest BCUT2D eigenvalue weighted by Gasteiger charge is -2.34. The monoisotopic (exact) mass is 651 g/mol. The smallest absolute Gasteiger partial charge is 0.0465 e. The normalized spacial score (nSPS) is 16.7. The zero-order chi connectivity index (χ0) is 33.9. The van der Waals surface area contributed by atoms with Crippen LogP contribution in [0.3, 0.4) is 0 Å². The quantitative estimate of drug-likeness (QED) is 0.167. The molecule has 0 amide bonds. The Balaban J connectivity index is 1.19. The van der Waals surface area contributed by atoms with Gasteiger partial charge in [0.05, 0.1) is 0 Å². The van der Waals surface area contributed by atoms with Gasteiger partial charge in [0.25, 0.3) is 0 Å². The van der Waals surface area contributed by atoms with Gasteiger partial charge in [0, 0.05) is 22.5 Å². The highest BCUT2D eigenvalue weighted by molar-refractivity contribution is 6.25. The van der Waals surface area contributed by atoms with Crippen LogP contribution in [0.2, 0.25) is 0 Å². The summed E-state index contributed by atoms with van der Waals surface area (Å²) in [5, 5.41) is 7.76. The van der Waals surface area contributed by atoms with E-state index < -0.39 is 0 Å². The van der Waals surface area contributed by atoms with Gasteiger partial charge in [0.15, 0.2) is 0 Å². The van der Waals surface area contributed by atoms with Crippen molar-refractivity contribution in [3.8, 4) is 11.1 Å². The predicted octanol–water partition coefficient (Wildman–Crippen LogP) is 13.4. The van der Waals surface area contributed by atoms with Crippen LogP contribution in [-0.2, 0) is 5.41 Å². The molecule has 2 aliphatic carbocycles. The van der Waals surface area contributed by atoms with Gasteiger partial charge in [-0.2, -0.15) is 0 Å². The van der Waals surface area contributed by atoms with Crippen molar-refractivity contribution in [2.75, 3.05) is 4.90 Å². The van der Waals surface area contributed by atoms with Crippen LogP contribution in [0.25, 0.3) is 49.0 Å². The van der Waals surface area contributed by atoms with Crippen LogP contribution >= 0.6 is 0 Å². The standard InChI is InChI=1S/C50H37N/c1-50(36-16-6-3-7-17-36)48-23-13-12-22-45(48)46-31-29-39(33-49(46)50)51(37-26-24-35(25-27-37)34-14-4-2-5-15-34)38-28-30-44-42-20-9-8-18-40(42)41-19-10-11-21-43(41)47(44)32-38/h2-28,30,32-33H,29,31H2,1H3. The van der Waals surface area contributed by atoms with E-state index in [9.17, 15) is 0 Å². The molecule has 8 aromatic rings. The van der Waals surface area contributed by atoms with Crippen LogP contribution in [0.5, 0.6) is 0 Å². The van der Waals surface area contributed by atoms with Crippen molar-refractivity contribution < 1.29 is 0 Å². The van der Waals surface area contributed by atoms with E-state index in [2.05, 4.69) is 194 Å². The van der Waals surface area contributed by atoms with Gasteiger partial charge >= 0.3 is 0 Å². The lowest BCUT2D eigenvalue weighted by Crippen LogP contribution is -2.26. The van der Waals surface area contributed by atoms with Crippen molar-refractivity contribution in [1.29, 1.82) is 0 Å². The van der Waals surface area contributed by atoms with Crippen LogP contribution in [0.15, 0.2) is 193 Å². The fourth-order valence-corrected chi connectivity index (χ4v) is 8.97. The number of hydrogen-bond donors (Lipinski definition) is 0. The minimum Gasteiger partial charge on any atom is -0.314 e. The Kier molecular flexibility index (Phi) is 6.82. The average molecular weight is 652 g/mol. The fraction of sp³-hybridized carbons (Fsp3) is 0.0800. The Morgan fingerprint density at radius 1 is 0.451 bits per heavy atom. The molecule has 10 rings (SSSR count). The molecule has 0 spiro atoms.